The summed E-state index contributed by atoms with van der Waals surface area (Å²) in [5, 5.41) is 3.47. The van der Waals surface area contributed by atoms with Gasteiger partial charge in [-0.05, 0) is 37.4 Å². The van der Waals surface area contributed by atoms with E-state index < -0.39 is 0 Å². The molecule has 1 fully saturated rings. The van der Waals surface area contributed by atoms with Crippen LogP contribution in [0.15, 0.2) is 24.3 Å². The average molecular weight is 260 g/mol. The van der Waals surface area contributed by atoms with E-state index in [-0.39, 0.29) is 6.10 Å². The maximum atomic E-state index is 6.08. The number of anilines is 1. The molecule has 0 bridgehead atoms. The minimum atomic E-state index is 0.287. The zero-order valence-corrected chi connectivity index (χ0v) is 11.8. The second-order valence-electron chi connectivity index (χ2n) is 5.82. The van der Waals surface area contributed by atoms with Gasteiger partial charge in [-0.25, -0.2) is 0 Å². The van der Waals surface area contributed by atoms with E-state index in [1.54, 1.807) is 0 Å². The molecule has 0 spiro atoms. The number of ether oxygens (including phenoxy) is 1. The predicted molar refractivity (Wildman–Crippen MR) is 78.8 cm³/mol. The second-order valence-corrected chi connectivity index (χ2v) is 5.82. The summed E-state index contributed by atoms with van der Waals surface area (Å²) in [5.74, 6) is 1.91. The highest BCUT2D eigenvalue weighted by atomic mass is 16.5. The molecule has 0 saturated carbocycles. The van der Waals surface area contributed by atoms with Gasteiger partial charge in [0.15, 0.2) is 0 Å². The van der Waals surface area contributed by atoms with Crippen LogP contribution in [0.2, 0.25) is 0 Å². The Hall–Kier alpha value is -1.22. The standard InChI is InChI=1S/C16H24N2O/c1-2-5-13-8-9-18(11-13)12-14-10-17-15-6-3-4-7-16(15)19-14/h3-4,6-7,13-14,17H,2,5,8-12H2,1H3. The van der Waals surface area contributed by atoms with Crippen molar-refractivity contribution >= 4 is 5.69 Å². The number of hydrogen-bond acceptors (Lipinski definition) is 3. The van der Waals surface area contributed by atoms with Crippen molar-refractivity contribution in [3.8, 4) is 5.75 Å². The lowest BCUT2D eigenvalue weighted by Crippen LogP contribution is -2.40. The van der Waals surface area contributed by atoms with Gasteiger partial charge in [-0.15, -0.1) is 0 Å². The zero-order chi connectivity index (χ0) is 13.1. The van der Waals surface area contributed by atoms with Crippen molar-refractivity contribution in [3.63, 3.8) is 0 Å². The number of benzene rings is 1. The molecule has 0 aromatic heterocycles. The summed E-state index contributed by atoms with van der Waals surface area (Å²) in [6.07, 6.45) is 4.34. The molecular weight excluding hydrogens is 236 g/mol. The van der Waals surface area contributed by atoms with Crippen molar-refractivity contribution in [2.24, 2.45) is 5.92 Å². The van der Waals surface area contributed by atoms with Crippen LogP contribution in [0.25, 0.3) is 0 Å². The van der Waals surface area contributed by atoms with E-state index in [4.69, 9.17) is 4.74 Å². The lowest BCUT2D eigenvalue weighted by atomic mass is 10.0. The van der Waals surface area contributed by atoms with Crippen molar-refractivity contribution in [2.45, 2.75) is 32.3 Å². The van der Waals surface area contributed by atoms with E-state index in [0.29, 0.717) is 0 Å². The summed E-state index contributed by atoms with van der Waals surface area (Å²) in [6.45, 7) is 6.77. The van der Waals surface area contributed by atoms with Gasteiger partial charge in [-0.1, -0.05) is 25.5 Å². The third-order valence-electron chi connectivity index (χ3n) is 4.23. The number of para-hydroxylation sites is 2. The smallest absolute Gasteiger partial charge is 0.142 e. The van der Waals surface area contributed by atoms with Crippen LogP contribution in [-0.4, -0.2) is 37.2 Å². The first-order valence-electron chi connectivity index (χ1n) is 7.57. The van der Waals surface area contributed by atoms with Gasteiger partial charge in [0.2, 0.25) is 0 Å². The van der Waals surface area contributed by atoms with Crippen molar-refractivity contribution in [3.05, 3.63) is 24.3 Å². The van der Waals surface area contributed by atoms with E-state index in [0.717, 1.165) is 30.4 Å². The molecule has 2 aliphatic rings. The Balaban J connectivity index is 1.53. The van der Waals surface area contributed by atoms with Crippen molar-refractivity contribution in [1.29, 1.82) is 0 Å². The lowest BCUT2D eigenvalue weighted by molar-refractivity contribution is 0.148. The highest BCUT2D eigenvalue weighted by Crippen LogP contribution is 2.29. The Morgan fingerprint density at radius 3 is 3.16 bits per heavy atom. The average Bonchev–Trinajstić information content (AvgIpc) is 2.86. The summed E-state index contributed by atoms with van der Waals surface area (Å²) in [6, 6.07) is 8.22. The number of hydrogen-bond donors (Lipinski definition) is 1. The maximum absolute atomic E-state index is 6.08. The molecule has 1 aromatic rings. The first kappa shape index (κ1) is 12.8. The fourth-order valence-electron chi connectivity index (χ4n) is 3.27. The highest BCUT2D eigenvalue weighted by Gasteiger charge is 2.26. The van der Waals surface area contributed by atoms with E-state index in [1.165, 1.54) is 32.4 Å². The molecular formula is C16H24N2O. The summed E-state index contributed by atoms with van der Waals surface area (Å²) in [7, 11) is 0. The third kappa shape index (κ3) is 3.03. The zero-order valence-electron chi connectivity index (χ0n) is 11.8. The fraction of sp³-hybridized carbons (Fsp3) is 0.625. The molecule has 104 valence electrons. The van der Waals surface area contributed by atoms with Crippen LogP contribution in [0.4, 0.5) is 5.69 Å². The normalized spacial score (nSPS) is 26.6. The largest absolute Gasteiger partial charge is 0.485 e. The minimum Gasteiger partial charge on any atom is -0.485 e. The van der Waals surface area contributed by atoms with Crippen LogP contribution in [0.3, 0.4) is 0 Å². The van der Waals surface area contributed by atoms with Gasteiger partial charge in [0, 0.05) is 13.1 Å². The first-order valence-corrected chi connectivity index (χ1v) is 7.57. The summed E-state index contributed by atoms with van der Waals surface area (Å²) in [4.78, 5) is 2.57. The highest BCUT2D eigenvalue weighted by molar-refractivity contribution is 5.57. The molecule has 3 rings (SSSR count). The second kappa shape index (κ2) is 5.83. The van der Waals surface area contributed by atoms with Crippen LogP contribution in [0, 0.1) is 5.92 Å². The molecule has 2 heterocycles. The van der Waals surface area contributed by atoms with Gasteiger partial charge in [-0.2, -0.15) is 0 Å². The van der Waals surface area contributed by atoms with Gasteiger partial charge in [-0.3, -0.25) is 4.90 Å². The third-order valence-corrected chi connectivity index (χ3v) is 4.23. The molecule has 2 unspecified atom stereocenters. The van der Waals surface area contributed by atoms with Gasteiger partial charge in [0.05, 0.1) is 12.2 Å². The van der Waals surface area contributed by atoms with Crippen LogP contribution in [0.5, 0.6) is 5.75 Å². The minimum absolute atomic E-state index is 0.287. The molecule has 2 atom stereocenters. The van der Waals surface area contributed by atoms with Crippen LogP contribution < -0.4 is 10.1 Å². The van der Waals surface area contributed by atoms with E-state index >= 15 is 0 Å². The van der Waals surface area contributed by atoms with Crippen LogP contribution in [-0.2, 0) is 0 Å². The first-order chi connectivity index (χ1) is 9.35. The molecule has 1 N–H and O–H groups in total. The molecule has 1 saturated heterocycles. The molecule has 3 heteroatoms. The number of rotatable bonds is 4. The molecule has 1 aromatic carbocycles. The topological polar surface area (TPSA) is 24.5 Å². The van der Waals surface area contributed by atoms with E-state index in [2.05, 4.69) is 29.3 Å². The Labute approximate surface area is 115 Å². The van der Waals surface area contributed by atoms with Gasteiger partial charge >= 0.3 is 0 Å². The summed E-state index contributed by atoms with van der Waals surface area (Å²) in [5.41, 5.74) is 1.13. The van der Waals surface area contributed by atoms with Crippen molar-refractivity contribution in [2.75, 3.05) is 31.5 Å². The van der Waals surface area contributed by atoms with E-state index in [1.807, 2.05) is 12.1 Å². The SMILES string of the molecule is CCCC1CCN(CC2CNc3ccccc3O2)C1. The Morgan fingerprint density at radius 1 is 1.37 bits per heavy atom. The van der Waals surface area contributed by atoms with Crippen LogP contribution >= 0.6 is 0 Å². The molecule has 0 amide bonds. The molecule has 0 radical (unpaired) electrons. The Morgan fingerprint density at radius 2 is 2.26 bits per heavy atom. The van der Waals surface area contributed by atoms with E-state index in [9.17, 15) is 0 Å². The number of nitrogens with one attached hydrogen (secondary N) is 1. The van der Waals surface area contributed by atoms with Gasteiger partial charge in [0.25, 0.3) is 0 Å². The van der Waals surface area contributed by atoms with Gasteiger partial charge in [0.1, 0.15) is 11.9 Å². The Bertz CT molecular complexity index is 421. The number of nitrogens with zero attached hydrogens (tertiary/aromatic N) is 1. The fourth-order valence-corrected chi connectivity index (χ4v) is 3.27. The lowest BCUT2D eigenvalue weighted by Gasteiger charge is -2.30. The van der Waals surface area contributed by atoms with Gasteiger partial charge < -0.3 is 10.1 Å². The monoisotopic (exact) mass is 260 g/mol. The summed E-state index contributed by atoms with van der Waals surface area (Å²) < 4.78 is 6.08. The molecule has 2 aliphatic heterocycles. The predicted octanol–water partition coefficient (Wildman–Crippen LogP) is 2.98. The summed E-state index contributed by atoms with van der Waals surface area (Å²) >= 11 is 0. The molecule has 3 nitrogen and oxygen atoms in total. The number of likely N-dealkylation sites (tertiary alicyclic amines) is 1. The number of fused-ring (bicyclic) bond motifs is 1. The van der Waals surface area contributed by atoms with Crippen molar-refractivity contribution in [1.82, 2.24) is 4.90 Å². The quantitative estimate of drug-likeness (QED) is 0.900. The van der Waals surface area contributed by atoms with Crippen molar-refractivity contribution < 1.29 is 4.74 Å². The molecule has 0 aliphatic carbocycles. The van der Waals surface area contributed by atoms with Crippen LogP contribution in [0.1, 0.15) is 26.2 Å². The molecule has 19 heavy (non-hydrogen) atoms. The maximum Gasteiger partial charge on any atom is 0.142 e. The Kier molecular flexibility index (Phi) is 3.92.